The monoisotopic (exact) mass is 361 g/mol. The molecule has 0 bridgehead atoms. The van der Waals surface area contributed by atoms with Crippen LogP contribution in [-0.2, 0) is 17.1 Å². The summed E-state index contributed by atoms with van der Waals surface area (Å²) in [6.45, 7) is 4.53. The van der Waals surface area contributed by atoms with Gasteiger partial charge in [-0.05, 0) is 0 Å². The summed E-state index contributed by atoms with van der Waals surface area (Å²) in [6, 6.07) is 0. The van der Waals surface area contributed by atoms with E-state index in [0.717, 1.165) is 51.9 Å². The summed E-state index contributed by atoms with van der Waals surface area (Å²) in [5.74, 6) is 0. The zero-order valence-electron chi connectivity index (χ0n) is 11.3. The van der Waals surface area contributed by atoms with Crippen molar-refractivity contribution >= 4 is 0 Å². The van der Waals surface area contributed by atoms with E-state index in [2.05, 4.69) is 10.6 Å². The number of rotatable bonds is 11. The molecule has 0 saturated carbocycles. The van der Waals surface area contributed by atoms with Crippen LogP contribution in [0.4, 0.5) is 0 Å². The third-order valence-corrected chi connectivity index (χ3v) is 1.87. The van der Waals surface area contributed by atoms with Gasteiger partial charge in [-0.25, -0.2) is 0 Å². The Hall–Kier alpha value is 0.489. The number of nitrogens with one attached hydrogen (secondary N) is 2. The molecule has 0 aliphatic rings. The normalized spacial score (nSPS) is 10.5. The molecule has 0 heterocycles. The number of hydrogen-bond donors (Lipinski definition) is 1. The van der Waals surface area contributed by atoms with Crippen LogP contribution in [0, 0.1) is 10.2 Å². The van der Waals surface area contributed by atoms with Crippen molar-refractivity contribution in [1.29, 1.82) is 0 Å². The Morgan fingerprint density at radius 2 is 1.00 bits per heavy atom. The Morgan fingerprint density at radius 3 is 1.25 bits per heavy atom. The Labute approximate surface area is 133 Å². The molecule has 0 fully saturated rings. The molecule has 0 spiro atoms. The van der Waals surface area contributed by atoms with Gasteiger partial charge < -0.3 is 22.1 Å². The molecular weight excluding hydrogens is 339 g/mol. The Bertz CT molecular complexity index is 160. The van der Waals surface area contributed by atoms with Gasteiger partial charge in [0.25, 0.3) is 0 Å². The van der Waals surface area contributed by atoms with Crippen LogP contribution in [0.2, 0.25) is 0 Å². The molecule has 0 aliphatic heterocycles. The van der Waals surface area contributed by atoms with Crippen LogP contribution in [0.1, 0.15) is 25.7 Å². The Balaban J connectivity index is -0.000000414. The van der Waals surface area contributed by atoms with Crippen molar-refractivity contribution in [1.82, 2.24) is 0 Å². The fourth-order valence-electron chi connectivity index (χ4n) is 1.05. The second-order valence-corrected chi connectivity index (χ2v) is 4.44. The molecule has 0 aromatic heterocycles. The molecule has 0 unspecified atom stereocenters. The minimum Gasteiger partial charge on any atom is -0.677 e. The maximum Gasteiger partial charge on any atom is 2.00 e. The summed E-state index contributed by atoms with van der Waals surface area (Å²) >= 11 is 0. The van der Waals surface area contributed by atoms with Crippen molar-refractivity contribution in [2.45, 2.75) is 25.7 Å². The second-order valence-electron chi connectivity index (χ2n) is 3.65. The maximum atomic E-state index is 8.60. The van der Waals surface area contributed by atoms with Crippen LogP contribution in [0.25, 0.3) is 22.1 Å². The standard InChI is InChI=1S/C10H22N4.ClHO4.Cu/c11-5-3-9-13-7-1-2-8-14-10-4-6-12;2-1(3,4)5;/h11-12H,1-10H2;(H,2,3,4,5);/q-4;;+2. The molecule has 0 aliphatic carbocycles. The van der Waals surface area contributed by atoms with E-state index in [1.54, 1.807) is 0 Å². The summed E-state index contributed by atoms with van der Waals surface area (Å²) in [7, 11) is -4.69. The first-order valence-corrected chi connectivity index (χ1v) is 7.37. The van der Waals surface area contributed by atoms with E-state index in [1.165, 1.54) is 0 Å². The zero-order valence-corrected chi connectivity index (χ0v) is 13.0. The van der Waals surface area contributed by atoms with Gasteiger partial charge in [0.2, 0.25) is 0 Å². The quantitative estimate of drug-likeness (QED) is 0.378. The van der Waals surface area contributed by atoms with Crippen molar-refractivity contribution < 1.29 is 45.9 Å². The average molecular weight is 362 g/mol. The smallest absolute Gasteiger partial charge is 0.677 e. The van der Waals surface area contributed by atoms with Crippen LogP contribution in [0.15, 0.2) is 0 Å². The van der Waals surface area contributed by atoms with Gasteiger partial charge in [0, 0.05) is 0 Å². The first kappa shape index (κ1) is 25.4. The van der Waals surface area contributed by atoms with Gasteiger partial charge in [-0.3, -0.25) is 0 Å². The number of hydrogen-bond acceptors (Lipinski definition) is 4. The minimum absolute atomic E-state index is 0. The molecule has 0 atom stereocenters. The second kappa shape index (κ2) is 19.5. The molecule has 127 valence electrons. The van der Waals surface area contributed by atoms with E-state index in [-0.39, 0.29) is 17.1 Å². The summed E-state index contributed by atoms with van der Waals surface area (Å²) < 4.78 is 32.7. The van der Waals surface area contributed by atoms with Crippen LogP contribution in [0.3, 0.4) is 0 Å². The molecule has 20 heavy (non-hydrogen) atoms. The number of halogens is 1. The van der Waals surface area contributed by atoms with Gasteiger partial charge in [0.15, 0.2) is 0 Å². The molecule has 0 aromatic carbocycles. The van der Waals surface area contributed by atoms with E-state index in [9.17, 15) is 0 Å². The molecule has 10 heteroatoms. The van der Waals surface area contributed by atoms with E-state index >= 15 is 0 Å². The van der Waals surface area contributed by atoms with Crippen LogP contribution in [0.5, 0.6) is 0 Å². The third-order valence-electron chi connectivity index (χ3n) is 1.87. The van der Waals surface area contributed by atoms with Gasteiger partial charge in [-0.15, -0.1) is 13.1 Å². The minimum atomic E-state index is -4.69. The van der Waals surface area contributed by atoms with Crippen molar-refractivity contribution in [2.75, 3.05) is 39.3 Å². The molecular formula is C10H23ClCuN4O4-2. The first-order chi connectivity index (χ1) is 8.91. The fraction of sp³-hybridized carbons (Fsp3) is 1.00. The molecule has 0 aromatic rings. The molecule has 8 nitrogen and oxygen atoms in total. The van der Waals surface area contributed by atoms with Gasteiger partial charge in [-0.1, -0.05) is 25.7 Å². The van der Waals surface area contributed by atoms with E-state index < -0.39 is 10.2 Å². The van der Waals surface area contributed by atoms with Gasteiger partial charge in [0.05, 0.1) is 14.9 Å². The number of nitrogens with zero attached hydrogens (tertiary/aromatic N) is 2. The van der Waals surface area contributed by atoms with Crippen molar-refractivity contribution in [3.8, 4) is 0 Å². The van der Waals surface area contributed by atoms with Crippen LogP contribution >= 0.6 is 0 Å². The molecule has 0 rings (SSSR count). The Kier molecular flexibility index (Phi) is 24.8. The molecule has 3 N–H and O–H groups in total. The topological polar surface area (TPSA) is 165 Å². The summed E-state index contributed by atoms with van der Waals surface area (Å²) in [6.07, 6.45) is 4.02. The van der Waals surface area contributed by atoms with E-state index in [0.29, 0.717) is 13.1 Å². The summed E-state index contributed by atoms with van der Waals surface area (Å²) in [5, 5.41) is 8.61. The largest absolute Gasteiger partial charge is 2.00 e. The SMILES string of the molecule is [Cu+2].[NH-]CCC[N-]CCCC[N-]CCC[NH-].[O-][Cl+3]([O-])([O-])O. The first-order valence-electron chi connectivity index (χ1n) is 6.10. The van der Waals surface area contributed by atoms with E-state index in [1.807, 2.05) is 0 Å². The summed E-state index contributed by atoms with van der Waals surface area (Å²) in [4.78, 5) is 0. The molecule has 0 amide bonds. The van der Waals surface area contributed by atoms with Gasteiger partial charge in [-0.2, -0.15) is 40.2 Å². The van der Waals surface area contributed by atoms with Crippen LogP contribution in [-0.4, -0.2) is 43.9 Å². The average Bonchev–Trinajstić information content (AvgIpc) is 2.29. The molecule has 1 radical (unpaired) electrons. The Morgan fingerprint density at radius 1 is 0.750 bits per heavy atom. The van der Waals surface area contributed by atoms with Gasteiger partial charge >= 0.3 is 17.1 Å². The summed E-state index contributed by atoms with van der Waals surface area (Å²) in [5.41, 5.74) is 13.8. The zero-order chi connectivity index (χ0) is 15.0. The van der Waals surface area contributed by atoms with Crippen molar-refractivity contribution in [3.63, 3.8) is 0 Å². The van der Waals surface area contributed by atoms with Gasteiger partial charge in [0.1, 0.15) is 0 Å². The maximum absolute atomic E-state index is 8.60. The number of unbranched alkanes of at least 4 members (excludes halogenated alkanes) is 1. The molecule has 0 saturated heterocycles. The van der Waals surface area contributed by atoms with Crippen molar-refractivity contribution in [3.05, 3.63) is 22.1 Å². The third kappa shape index (κ3) is 42.8. The fourth-order valence-corrected chi connectivity index (χ4v) is 1.05. The van der Waals surface area contributed by atoms with Crippen molar-refractivity contribution in [2.24, 2.45) is 0 Å². The van der Waals surface area contributed by atoms with Crippen LogP contribution < -0.4 is 14.0 Å². The predicted molar refractivity (Wildman–Crippen MR) is 65.3 cm³/mol. The van der Waals surface area contributed by atoms with E-state index in [4.69, 9.17) is 30.1 Å². The predicted octanol–water partition coefficient (Wildman–Crippen LogP) is -0.728.